The molecule has 0 saturated heterocycles. The number of rotatable bonds is 4. The Labute approximate surface area is 105 Å². The number of nitrogens with two attached hydrogens (primary N) is 1. The minimum Gasteiger partial charge on any atom is -0.424 e. The fraction of sp³-hybridized carbons (Fsp3) is 0.417. The maximum atomic E-state index is 5.69. The molecular weight excluding hydrogens is 234 g/mol. The van der Waals surface area contributed by atoms with E-state index < -0.39 is 0 Å². The summed E-state index contributed by atoms with van der Waals surface area (Å²) in [6.07, 6.45) is 2.09. The van der Waals surface area contributed by atoms with Gasteiger partial charge >= 0.3 is 0 Å². The Hall–Kier alpha value is -1.36. The van der Waals surface area contributed by atoms with Gasteiger partial charge in [0.25, 0.3) is 6.01 Å². The Morgan fingerprint density at radius 2 is 2.24 bits per heavy atom. The Morgan fingerprint density at radius 3 is 2.94 bits per heavy atom. The zero-order valence-electron chi connectivity index (χ0n) is 10.3. The number of nitrogen functional groups attached to an aromatic ring is 1. The van der Waals surface area contributed by atoms with Gasteiger partial charge in [0.1, 0.15) is 5.52 Å². The molecule has 1 heterocycles. The standard InChI is InChI=1S/C12H17N3OS/c1-12(2,17-3)7-14-11-15-9-6-8(13)4-5-10(9)16-11/h4-6H,7,13H2,1-3H3,(H,14,15). The molecule has 0 bridgehead atoms. The molecule has 2 aromatic rings. The van der Waals surface area contributed by atoms with E-state index in [2.05, 4.69) is 30.4 Å². The molecule has 2 rings (SSSR count). The molecule has 0 fully saturated rings. The van der Waals surface area contributed by atoms with Crippen molar-refractivity contribution < 1.29 is 4.42 Å². The Kier molecular flexibility index (Phi) is 3.19. The van der Waals surface area contributed by atoms with Crippen LogP contribution in [0.25, 0.3) is 11.1 Å². The van der Waals surface area contributed by atoms with E-state index >= 15 is 0 Å². The summed E-state index contributed by atoms with van der Waals surface area (Å²) in [5.74, 6) is 0. The van der Waals surface area contributed by atoms with Gasteiger partial charge in [0.05, 0.1) is 0 Å². The largest absolute Gasteiger partial charge is 0.424 e. The second kappa shape index (κ2) is 4.49. The van der Waals surface area contributed by atoms with Crippen molar-refractivity contribution in [3.8, 4) is 0 Å². The second-order valence-corrected chi connectivity index (χ2v) is 6.08. The molecule has 17 heavy (non-hydrogen) atoms. The van der Waals surface area contributed by atoms with E-state index in [4.69, 9.17) is 10.2 Å². The number of thioether (sulfide) groups is 1. The molecule has 0 spiro atoms. The molecule has 1 aromatic carbocycles. The summed E-state index contributed by atoms with van der Waals surface area (Å²) < 4.78 is 5.73. The third kappa shape index (κ3) is 2.85. The average Bonchev–Trinajstić information content (AvgIpc) is 2.68. The van der Waals surface area contributed by atoms with Gasteiger partial charge in [-0.15, -0.1) is 0 Å². The molecule has 0 aliphatic heterocycles. The van der Waals surface area contributed by atoms with Crippen LogP contribution in [0.4, 0.5) is 11.7 Å². The topological polar surface area (TPSA) is 64.1 Å². The molecular formula is C12H17N3OS. The predicted molar refractivity (Wildman–Crippen MR) is 74.5 cm³/mol. The molecule has 3 N–H and O–H groups in total. The van der Waals surface area contributed by atoms with Crippen LogP contribution in [0.3, 0.4) is 0 Å². The fourth-order valence-electron chi connectivity index (χ4n) is 1.38. The number of hydrogen-bond donors (Lipinski definition) is 2. The number of oxazole rings is 1. The van der Waals surface area contributed by atoms with Gasteiger partial charge in [-0.1, -0.05) is 0 Å². The van der Waals surface area contributed by atoms with Crippen LogP contribution in [0, 0.1) is 0 Å². The van der Waals surface area contributed by atoms with Gasteiger partial charge in [-0.3, -0.25) is 0 Å². The Morgan fingerprint density at radius 1 is 1.47 bits per heavy atom. The molecule has 0 unspecified atom stereocenters. The molecule has 0 atom stereocenters. The maximum absolute atomic E-state index is 5.69. The van der Waals surface area contributed by atoms with E-state index in [9.17, 15) is 0 Å². The highest BCUT2D eigenvalue weighted by Crippen LogP contribution is 2.24. The first kappa shape index (κ1) is 12.1. The lowest BCUT2D eigenvalue weighted by molar-refractivity contribution is 0.605. The van der Waals surface area contributed by atoms with Crippen LogP contribution in [0.1, 0.15) is 13.8 Å². The summed E-state index contributed by atoms with van der Waals surface area (Å²) in [6, 6.07) is 6.00. The summed E-state index contributed by atoms with van der Waals surface area (Å²) in [4.78, 5) is 4.34. The minimum absolute atomic E-state index is 0.152. The van der Waals surface area contributed by atoms with Crippen molar-refractivity contribution in [2.24, 2.45) is 0 Å². The second-order valence-electron chi connectivity index (χ2n) is 4.56. The zero-order valence-corrected chi connectivity index (χ0v) is 11.1. The summed E-state index contributed by atoms with van der Waals surface area (Å²) in [7, 11) is 0. The highest BCUT2D eigenvalue weighted by molar-refractivity contribution is 7.99. The minimum atomic E-state index is 0.152. The summed E-state index contributed by atoms with van der Waals surface area (Å²) in [5.41, 5.74) is 7.93. The molecule has 5 heteroatoms. The number of nitrogens with one attached hydrogen (secondary N) is 1. The fourth-order valence-corrected chi connectivity index (χ4v) is 1.60. The predicted octanol–water partition coefficient (Wildman–Crippen LogP) is 2.96. The van der Waals surface area contributed by atoms with Crippen LogP contribution in [0.15, 0.2) is 22.6 Å². The number of benzene rings is 1. The van der Waals surface area contributed by atoms with E-state index in [0.717, 1.165) is 17.6 Å². The third-order valence-corrected chi connectivity index (χ3v) is 3.88. The van der Waals surface area contributed by atoms with Gasteiger partial charge in [-0.2, -0.15) is 16.7 Å². The van der Waals surface area contributed by atoms with Crippen LogP contribution >= 0.6 is 11.8 Å². The molecule has 92 valence electrons. The quantitative estimate of drug-likeness (QED) is 0.818. The van der Waals surface area contributed by atoms with Crippen LogP contribution in [-0.2, 0) is 0 Å². The van der Waals surface area contributed by atoms with Crippen molar-refractivity contribution in [3.05, 3.63) is 18.2 Å². The summed E-state index contributed by atoms with van der Waals surface area (Å²) in [6.45, 7) is 5.15. The summed E-state index contributed by atoms with van der Waals surface area (Å²) >= 11 is 1.80. The van der Waals surface area contributed by atoms with Crippen LogP contribution < -0.4 is 11.1 Å². The highest BCUT2D eigenvalue weighted by Gasteiger charge is 2.16. The highest BCUT2D eigenvalue weighted by atomic mass is 32.2. The first-order valence-corrected chi connectivity index (χ1v) is 6.68. The van der Waals surface area contributed by atoms with E-state index in [1.807, 2.05) is 18.2 Å². The van der Waals surface area contributed by atoms with Crippen molar-refractivity contribution >= 4 is 34.6 Å². The van der Waals surface area contributed by atoms with Gasteiger partial charge < -0.3 is 15.5 Å². The number of aromatic nitrogens is 1. The smallest absolute Gasteiger partial charge is 0.295 e. The lowest BCUT2D eigenvalue weighted by Crippen LogP contribution is -2.25. The van der Waals surface area contributed by atoms with E-state index in [-0.39, 0.29) is 4.75 Å². The average molecular weight is 251 g/mol. The first-order chi connectivity index (χ1) is 8.00. The van der Waals surface area contributed by atoms with E-state index in [0.29, 0.717) is 11.7 Å². The van der Waals surface area contributed by atoms with Gasteiger partial charge in [0.2, 0.25) is 0 Å². The lowest BCUT2D eigenvalue weighted by atomic mass is 10.2. The normalized spacial score (nSPS) is 11.9. The van der Waals surface area contributed by atoms with Gasteiger partial charge in [0.15, 0.2) is 5.58 Å². The third-order valence-electron chi connectivity index (χ3n) is 2.63. The van der Waals surface area contributed by atoms with Crippen molar-refractivity contribution in [3.63, 3.8) is 0 Å². The van der Waals surface area contributed by atoms with Crippen molar-refractivity contribution in [1.29, 1.82) is 0 Å². The zero-order chi connectivity index (χ0) is 12.5. The van der Waals surface area contributed by atoms with Crippen LogP contribution in [0.2, 0.25) is 0 Å². The molecule has 1 aromatic heterocycles. The van der Waals surface area contributed by atoms with Gasteiger partial charge in [0, 0.05) is 17.0 Å². The molecule has 0 saturated carbocycles. The number of hydrogen-bond acceptors (Lipinski definition) is 5. The van der Waals surface area contributed by atoms with Gasteiger partial charge in [-0.25, -0.2) is 0 Å². The van der Waals surface area contributed by atoms with Crippen molar-refractivity contribution in [2.45, 2.75) is 18.6 Å². The first-order valence-electron chi connectivity index (χ1n) is 5.45. The van der Waals surface area contributed by atoms with Crippen molar-refractivity contribution in [2.75, 3.05) is 23.9 Å². The molecule has 4 nitrogen and oxygen atoms in total. The Balaban J connectivity index is 2.15. The summed E-state index contributed by atoms with van der Waals surface area (Å²) in [5, 5.41) is 3.21. The van der Waals surface area contributed by atoms with E-state index in [1.165, 1.54) is 0 Å². The number of anilines is 2. The van der Waals surface area contributed by atoms with Gasteiger partial charge in [-0.05, 0) is 38.3 Å². The van der Waals surface area contributed by atoms with Crippen LogP contribution in [0.5, 0.6) is 0 Å². The van der Waals surface area contributed by atoms with Crippen LogP contribution in [-0.4, -0.2) is 22.5 Å². The number of nitrogens with zero attached hydrogens (tertiary/aromatic N) is 1. The number of fused-ring (bicyclic) bond motifs is 1. The maximum Gasteiger partial charge on any atom is 0.295 e. The monoisotopic (exact) mass is 251 g/mol. The van der Waals surface area contributed by atoms with E-state index in [1.54, 1.807) is 11.8 Å². The Bertz CT molecular complexity index is 521. The lowest BCUT2D eigenvalue weighted by Gasteiger charge is -2.21. The molecule has 0 radical (unpaired) electrons. The SMILES string of the molecule is CSC(C)(C)CNc1nc2cc(N)ccc2o1. The molecule has 0 amide bonds. The molecule has 0 aliphatic rings. The van der Waals surface area contributed by atoms with Crippen molar-refractivity contribution in [1.82, 2.24) is 4.98 Å². The molecule has 0 aliphatic carbocycles.